The van der Waals surface area contributed by atoms with Gasteiger partial charge in [-0.1, -0.05) is 0 Å². The maximum atomic E-state index is 11.5. The molecule has 0 aliphatic rings. The maximum Gasteiger partial charge on any atom is 0.338 e. The van der Waals surface area contributed by atoms with Gasteiger partial charge in [0.2, 0.25) is 0 Å². The van der Waals surface area contributed by atoms with Gasteiger partial charge in [-0.25, -0.2) is 9.79 Å². The molecule has 0 unspecified atom stereocenters. The molecular weight excluding hydrogens is 298 g/mol. The fourth-order valence-corrected chi connectivity index (χ4v) is 1.84. The number of nitrogens with two attached hydrogens (primary N) is 1. The molecule has 7 heteroatoms. The highest BCUT2D eigenvalue weighted by Gasteiger charge is 2.07. The number of non-ortho nitro benzene ring substituents is 1. The fourth-order valence-electron chi connectivity index (χ4n) is 1.84. The standard InChI is InChI=1S/C16H15N3O4/c1-2-23-16(20)12-3-7-13(8-4-12)18-15(17)11-5-9-14(10-6-11)19(21)22/h3-10H,2H2,1H3,(H2,17,18). The third-order valence-corrected chi connectivity index (χ3v) is 3.00. The van der Waals surface area contributed by atoms with Gasteiger partial charge in [0, 0.05) is 17.7 Å². The van der Waals surface area contributed by atoms with Crippen LogP contribution in [0.5, 0.6) is 0 Å². The van der Waals surface area contributed by atoms with E-state index in [1.165, 1.54) is 24.3 Å². The minimum absolute atomic E-state index is 0.0136. The molecule has 0 bridgehead atoms. The summed E-state index contributed by atoms with van der Waals surface area (Å²) < 4.78 is 4.89. The number of amidine groups is 1. The summed E-state index contributed by atoms with van der Waals surface area (Å²) >= 11 is 0. The summed E-state index contributed by atoms with van der Waals surface area (Å²) in [7, 11) is 0. The van der Waals surface area contributed by atoms with Crippen molar-refractivity contribution < 1.29 is 14.5 Å². The van der Waals surface area contributed by atoms with E-state index in [1.54, 1.807) is 31.2 Å². The molecular formula is C16H15N3O4. The van der Waals surface area contributed by atoms with E-state index < -0.39 is 10.9 Å². The second-order valence-electron chi connectivity index (χ2n) is 4.57. The molecule has 0 spiro atoms. The highest BCUT2D eigenvalue weighted by atomic mass is 16.6. The van der Waals surface area contributed by atoms with Crippen LogP contribution >= 0.6 is 0 Å². The number of benzene rings is 2. The first kappa shape index (κ1) is 16.2. The smallest absolute Gasteiger partial charge is 0.338 e. The second kappa shape index (κ2) is 7.17. The Labute approximate surface area is 132 Å². The highest BCUT2D eigenvalue weighted by Crippen LogP contribution is 2.16. The van der Waals surface area contributed by atoms with Crippen LogP contribution in [0.3, 0.4) is 0 Å². The number of nitrogens with zero attached hydrogens (tertiary/aromatic N) is 2. The van der Waals surface area contributed by atoms with Crippen LogP contribution in [-0.2, 0) is 4.74 Å². The van der Waals surface area contributed by atoms with E-state index in [-0.39, 0.29) is 11.5 Å². The molecule has 0 aromatic heterocycles. The maximum absolute atomic E-state index is 11.5. The molecule has 23 heavy (non-hydrogen) atoms. The summed E-state index contributed by atoms with van der Waals surface area (Å²) in [5, 5.41) is 10.6. The van der Waals surface area contributed by atoms with Crippen molar-refractivity contribution >= 4 is 23.2 Å². The summed E-state index contributed by atoms with van der Waals surface area (Å²) in [6, 6.07) is 12.3. The van der Waals surface area contributed by atoms with Gasteiger partial charge in [0.05, 0.1) is 22.8 Å². The molecule has 0 saturated heterocycles. The molecule has 0 saturated carbocycles. The second-order valence-corrected chi connectivity index (χ2v) is 4.57. The van der Waals surface area contributed by atoms with Crippen molar-refractivity contribution in [2.45, 2.75) is 6.92 Å². The Kier molecular flexibility index (Phi) is 5.03. The molecule has 7 nitrogen and oxygen atoms in total. The van der Waals surface area contributed by atoms with Gasteiger partial charge in [-0.3, -0.25) is 10.1 Å². The Morgan fingerprint density at radius 2 is 1.70 bits per heavy atom. The minimum atomic E-state index is -0.481. The number of hydrogen-bond acceptors (Lipinski definition) is 5. The van der Waals surface area contributed by atoms with Gasteiger partial charge in [-0.15, -0.1) is 0 Å². The zero-order valence-corrected chi connectivity index (χ0v) is 12.4. The molecule has 2 rings (SSSR count). The minimum Gasteiger partial charge on any atom is -0.462 e. The molecule has 2 aromatic carbocycles. The molecule has 2 N–H and O–H groups in total. The van der Waals surface area contributed by atoms with E-state index in [9.17, 15) is 14.9 Å². The van der Waals surface area contributed by atoms with Crippen molar-refractivity contribution in [2.75, 3.05) is 6.61 Å². The van der Waals surface area contributed by atoms with E-state index in [4.69, 9.17) is 10.5 Å². The predicted molar refractivity (Wildman–Crippen MR) is 85.9 cm³/mol. The SMILES string of the molecule is CCOC(=O)c1ccc(N=C(N)c2ccc([N+](=O)[O-])cc2)cc1. The molecule has 0 amide bonds. The molecule has 0 atom stereocenters. The summed E-state index contributed by atoms with van der Waals surface area (Å²) in [5.41, 5.74) is 7.44. The predicted octanol–water partition coefficient (Wildman–Crippen LogP) is 2.81. The highest BCUT2D eigenvalue weighted by molar-refractivity contribution is 5.99. The van der Waals surface area contributed by atoms with E-state index in [2.05, 4.69) is 4.99 Å². The lowest BCUT2D eigenvalue weighted by atomic mass is 10.2. The van der Waals surface area contributed by atoms with Crippen molar-refractivity contribution in [1.82, 2.24) is 0 Å². The van der Waals surface area contributed by atoms with E-state index >= 15 is 0 Å². The number of nitro groups is 1. The first-order valence-corrected chi connectivity index (χ1v) is 6.87. The van der Waals surface area contributed by atoms with Crippen LogP contribution in [0.2, 0.25) is 0 Å². The first-order chi connectivity index (χ1) is 11.0. The van der Waals surface area contributed by atoms with Crippen molar-refractivity contribution in [3.05, 3.63) is 69.8 Å². The molecule has 2 aromatic rings. The lowest BCUT2D eigenvalue weighted by Crippen LogP contribution is -2.12. The van der Waals surface area contributed by atoms with Gasteiger partial charge in [-0.05, 0) is 43.3 Å². The quantitative estimate of drug-likeness (QED) is 0.300. The molecule has 0 heterocycles. The number of carbonyl (C=O) groups is 1. The summed E-state index contributed by atoms with van der Waals surface area (Å²) in [4.78, 5) is 25.9. The lowest BCUT2D eigenvalue weighted by molar-refractivity contribution is -0.384. The molecule has 0 aliphatic heterocycles. The van der Waals surface area contributed by atoms with Gasteiger partial charge in [0.25, 0.3) is 5.69 Å². The van der Waals surface area contributed by atoms with Gasteiger partial charge >= 0.3 is 5.97 Å². The van der Waals surface area contributed by atoms with Crippen LogP contribution in [0.4, 0.5) is 11.4 Å². The number of rotatable bonds is 5. The van der Waals surface area contributed by atoms with Gasteiger partial charge in [0.1, 0.15) is 5.84 Å². The molecule has 118 valence electrons. The molecule has 0 radical (unpaired) electrons. The topological polar surface area (TPSA) is 108 Å². The van der Waals surface area contributed by atoms with Crippen LogP contribution < -0.4 is 5.73 Å². The van der Waals surface area contributed by atoms with Crippen LogP contribution in [-0.4, -0.2) is 23.3 Å². The molecule has 0 aliphatic carbocycles. The Morgan fingerprint density at radius 3 is 2.22 bits per heavy atom. The van der Waals surface area contributed by atoms with E-state index in [1.807, 2.05) is 0 Å². The monoisotopic (exact) mass is 313 g/mol. The van der Waals surface area contributed by atoms with Crippen molar-refractivity contribution in [3.63, 3.8) is 0 Å². The third-order valence-electron chi connectivity index (χ3n) is 3.00. The number of hydrogen-bond donors (Lipinski definition) is 1. The van der Waals surface area contributed by atoms with Crippen LogP contribution in [0, 0.1) is 10.1 Å². The summed E-state index contributed by atoms with van der Waals surface area (Å²) in [5.74, 6) is -0.171. The summed E-state index contributed by atoms with van der Waals surface area (Å²) in [6.45, 7) is 2.05. The Hall–Kier alpha value is -3.22. The average Bonchev–Trinajstić information content (AvgIpc) is 2.55. The van der Waals surface area contributed by atoms with Crippen molar-refractivity contribution in [1.29, 1.82) is 0 Å². The first-order valence-electron chi connectivity index (χ1n) is 6.87. The van der Waals surface area contributed by atoms with Crippen molar-refractivity contribution in [2.24, 2.45) is 10.7 Å². The molecule has 0 fully saturated rings. The van der Waals surface area contributed by atoms with Crippen LogP contribution in [0.15, 0.2) is 53.5 Å². The van der Waals surface area contributed by atoms with E-state index in [0.717, 1.165) is 0 Å². The van der Waals surface area contributed by atoms with Crippen LogP contribution in [0.25, 0.3) is 0 Å². The number of carbonyl (C=O) groups excluding carboxylic acids is 1. The zero-order valence-electron chi connectivity index (χ0n) is 12.4. The van der Waals surface area contributed by atoms with Gasteiger partial charge < -0.3 is 10.5 Å². The number of nitro benzene ring substituents is 1. The lowest BCUT2D eigenvalue weighted by Gasteiger charge is -2.03. The Bertz CT molecular complexity index is 737. The normalized spacial score (nSPS) is 11.1. The Morgan fingerprint density at radius 1 is 1.13 bits per heavy atom. The van der Waals surface area contributed by atoms with Crippen LogP contribution in [0.1, 0.15) is 22.8 Å². The number of aliphatic imine (C=N–C) groups is 1. The van der Waals surface area contributed by atoms with Gasteiger partial charge in [0.15, 0.2) is 0 Å². The fraction of sp³-hybridized carbons (Fsp3) is 0.125. The largest absolute Gasteiger partial charge is 0.462 e. The number of ether oxygens (including phenoxy) is 1. The van der Waals surface area contributed by atoms with Gasteiger partial charge in [-0.2, -0.15) is 0 Å². The van der Waals surface area contributed by atoms with E-state index in [0.29, 0.717) is 23.4 Å². The summed E-state index contributed by atoms with van der Waals surface area (Å²) in [6.07, 6.45) is 0. The zero-order chi connectivity index (χ0) is 16.8. The third kappa shape index (κ3) is 4.13. The average molecular weight is 313 g/mol. The Balaban J connectivity index is 2.17. The van der Waals surface area contributed by atoms with Crippen molar-refractivity contribution in [3.8, 4) is 0 Å². The number of esters is 1.